The minimum Gasteiger partial charge on any atom is -0.245 e. The van der Waals surface area contributed by atoms with E-state index < -0.39 is 0 Å². The summed E-state index contributed by atoms with van der Waals surface area (Å²) in [6, 6.07) is 16.7. The number of aromatic nitrogens is 7. The Bertz CT molecular complexity index is 1070. The highest BCUT2D eigenvalue weighted by Crippen LogP contribution is 2.29. The molecular weight excluding hydrogens is 374 g/mol. The molecule has 0 radical (unpaired) electrons. The molecule has 2 aromatic heterocycles. The lowest BCUT2D eigenvalue weighted by Crippen LogP contribution is -2.07. The van der Waals surface area contributed by atoms with Crippen LogP contribution in [0.2, 0.25) is 0 Å². The average Bonchev–Trinajstić information content (AvgIpc) is 3.44. The highest BCUT2D eigenvalue weighted by molar-refractivity contribution is 5.80. The van der Waals surface area contributed by atoms with Crippen molar-refractivity contribution in [1.82, 2.24) is 35.4 Å². The third-order valence-corrected chi connectivity index (χ3v) is 5.14. The number of unbranched alkanes of at least 4 members (excludes halogenated alkanes) is 1. The summed E-state index contributed by atoms with van der Waals surface area (Å²) in [4.78, 5) is 4.77. The third kappa shape index (κ3) is 4.45. The predicted octanol–water partition coefficient (Wildman–Crippen LogP) is 4.47. The molecule has 0 saturated heterocycles. The molecule has 2 heterocycles. The Morgan fingerprint density at radius 1 is 0.900 bits per heavy atom. The summed E-state index contributed by atoms with van der Waals surface area (Å²) in [6.45, 7) is 5.11. The van der Waals surface area contributed by atoms with Gasteiger partial charge in [-0.25, -0.2) is 14.8 Å². The van der Waals surface area contributed by atoms with E-state index in [0.717, 1.165) is 67.0 Å². The molecule has 0 spiro atoms. The van der Waals surface area contributed by atoms with Crippen LogP contribution in [0.25, 0.3) is 22.5 Å². The van der Waals surface area contributed by atoms with Gasteiger partial charge in [-0.2, -0.15) is 5.10 Å². The van der Waals surface area contributed by atoms with E-state index in [-0.39, 0.29) is 0 Å². The number of tetrazole rings is 1. The summed E-state index contributed by atoms with van der Waals surface area (Å²) < 4.78 is 2.07. The van der Waals surface area contributed by atoms with Crippen LogP contribution in [0, 0.1) is 0 Å². The Morgan fingerprint density at radius 3 is 2.40 bits per heavy atom. The smallest absolute Gasteiger partial charge is 0.180 e. The summed E-state index contributed by atoms with van der Waals surface area (Å²) in [7, 11) is 0. The minimum absolute atomic E-state index is 0.668. The van der Waals surface area contributed by atoms with Gasteiger partial charge in [0.15, 0.2) is 11.6 Å². The van der Waals surface area contributed by atoms with Crippen molar-refractivity contribution in [2.24, 2.45) is 0 Å². The van der Waals surface area contributed by atoms with Crippen LogP contribution in [0.4, 0.5) is 0 Å². The largest absolute Gasteiger partial charge is 0.245 e. The van der Waals surface area contributed by atoms with Crippen molar-refractivity contribution < 1.29 is 0 Å². The van der Waals surface area contributed by atoms with Crippen molar-refractivity contribution in [2.75, 3.05) is 0 Å². The lowest BCUT2D eigenvalue weighted by atomic mass is 9.98. The molecule has 4 aromatic rings. The Balaban J connectivity index is 1.57. The summed E-state index contributed by atoms with van der Waals surface area (Å²) >= 11 is 0. The van der Waals surface area contributed by atoms with Crippen LogP contribution >= 0.6 is 0 Å². The molecule has 0 saturated carbocycles. The van der Waals surface area contributed by atoms with Crippen molar-refractivity contribution in [3.63, 3.8) is 0 Å². The Labute approximate surface area is 176 Å². The lowest BCUT2D eigenvalue weighted by Gasteiger charge is -2.09. The Hall–Kier alpha value is -3.35. The molecule has 0 amide bonds. The van der Waals surface area contributed by atoms with Gasteiger partial charge in [0.2, 0.25) is 0 Å². The first-order chi connectivity index (χ1) is 14.8. The minimum atomic E-state index is 0.668. The van der Waals surface area contributed by atoms with Gasteiger partial charge in [-0.1, -0.05) is 68.8 Å². The van der Waals surface area contributed by atoms with Gasteiger partial charge >= 0.3 is 0 Å². The standard InChI is InChI=1S/C23H27N7/c1-3-5-11-22-24-21(8-4-2)27-30(22)16-17-12-14-18(15-13-17)19-9-6-7-10-20(19)23-25-28-29-26-23/h6-7,9-10,12-15H,3-5,8,11,16H2,1-2H3,(H,25,26,28,29). The molecule has 0 fully saturated rings. The maximum Gasteiger partial charge on any atom is 0.180 e. The Morgan fingerprint density at radius 2 is 1.70 bits per heavy atom. The fourth-order valence-corrected chi connectivity index (χ4v) is 3.58. The molecule has 1 N–H and O–H groups in total. The fourth-order valence-electron chi connectivity index (χ4n) is 3.58. The van der Waals surface area contributed by atoms with Gasteiger partial charge in [-0.3, -0.25) is 0 Å². The zero-order valence-electron chi connectivity index (χ0n) is 17.5. The number of hydrogen-bond acceptors (Lipinski definition) is 5. The van der Waals surface area contributed by atoms with Crippen LogP contribution in [-0.2, 0) is 19.4 Å². The monoisotopic (exact) mass is 401 g/mol. The average molecular weight is 402 g/mol. The van der Waals surface area contributed by atoms with Gasteiger partial charge in [-0.15, -0.1) is 5.10 Å². The SMILES string of the molecule is CCCCc1nc(CCC)nn1Cc1ccc(-c2ccccc2-c2nnn[nH]2)cc1. The van der Waals surface area contributed by atoms with E-state index in [9.17, 15) is 0 Å². The highest BCUT2D eigenvalue weighted by atomic mass is 15.5. The van der Waals surface area contributed by atoms with E-state index in [1.807, 2.05) is 18.2 Å². The van der Waals surface area contributed by atoms with Gasteiger partial charge in [0.05, 0.1) is 6.54 Å². The molecule has 0 aliphatic carbocycles. The molecule has 7 nitrogen and oxygen atoms in total. The number of rotatable bonds is 9. The predicted molar refractivity (Wildman–Crippen MR) is 117 cm³/mol. The number of hydrogen-bond donors (Lipinski definition) is 1. The lowest BCUT2D eigenvalue weighted by molar-refractivity contribution is 0.613. The maximum atomic E-state index is 4.77. The fraction of sp³-hybridized carbons (Fsp3) is 0.348. The summed E-state index contributed by atoms with van der Waals surface area (Å²) in [5.74, 6) is 2.71. The summed E-state index contributed by atoms with van der Waals surface area (Å²) in [6.07, 6.45) is 5.26. The van der Waals surface area contributed by atoms with Crippen LogP contribution in [0.1, 0.15) is 50.3 Å². The third-order valence-electron chi connectivity index (χ3n) is 5.14. The molecule has 0 atom stereocenters. The topological polar surface area (TPSA) is 85.2 Å². The molecule has 154 valence electrons. The van der Waals surface area contributed by atoms with Gasteiger partial charge in [0.1, 0.15) is 5.82 Å². The van der Waals surface area contributed by atoms with Crippen molar-refractivity contribution in [2.45, 2.75) is 52.5 Å². The summed E-state index contributed by atoms with van der Waals surface area (Å²) in [5.41, 5.74) is 4.42. The zero-order valence-corrected chi connectivity index (χ0v) is 17.5. The van der Waals surface area contributed by atoms with Gasteiger partial charge in [0.25, 0.3) is 0 Å². The Kier molecular flexibility index (Phi) is 6.27. The first-order valence-corrected chi connectivity index (χ1v) is 10.6. The second kappa shape index (κ2) is 9.43. The molecular formula is C23H27N7. The van der Waals surface area contributed by atoms with Crippen LogP contribution in [0.3, 0.4) is 0 Å². The van der Waals surface area contributed by atoms with Crippen LogP contribution in [-0.4, -0.2) is 35.4 Å². The van der Waals surface area contributed by atoms with Crippen molar-refractivity contribution in [3.05, 3.63) is 65.7 Å². The summed E-state index contributed by atoms with van der Waals surface area (Å²) in [5, 5.41) is 19.1. The van der Waals surface area contributed by atoms with Crippen LogP contribution in [0.5, 0.6) is 0 Å². The number of aryl methyl sites for hydroxylation is 2. The quantitative estimate of drug-likeness (QED) is 0.447. The molecule has 4 rings (SSSR count). The van der Waals surface area contributed by atoms with Crippen LogP contribution in [0.15, 0.2) is 48.5 Å². The number of nitrogens with zero attached hydrogens (tertiary/aromatic N) is 6. The van der Waals surface area contributed by atoms with Gasteiger partial charge in [-0.05, 0) is 40.0 Å². The molecule has 0 aliphatic heterocycles. The van der Waals surface area contributed by atoms with E-state index in [1.54, 1.807) is 0 Å². The zero-order chi connectivity index (χ0) is 20.8. The van der Waals surface area contributed by atoms with E-state index in [0.29, 0.717) is 5.82 Å². The van der Waals surface area contributed by atoms with Crippen molar-refractivity contribution >= 4 is 0 Å². The molecule has 30 heavy (non-hydrogen) atoms. The second-order valence-corrected chi connectivity index (χ2v) is 7.45. The maximum absolute atomic E-state index is 4.77. The first-order valence-electron chi connectivity index (χ1n) is 10.6. The van der Waals surface area contributed by atoms with Crippen molar-refractivity contribution in [3.8, 4) is 22.5 Å². The molecule has 0 bridgehead atoms. The first kappa shape index (κ1) is 19.9. The number of H-pyrrole nitrogens is 1. The second-order valence-electron chi connectivity index (χ2n) is 7.45. The molecule has 0 unspecified atom stereocenters. The van der Waals surface area contributed by atoms with Crippen molar-refractivity contribution in [1.29, 1.82) is 0 Å². The normalized spacial score (nSPS) is 11.1. The van der Waals surface area contributed by atoms with Gasteiger partial charge < -0.3 is 0 Å². The number of aromatic amines is 1. The van der Waals surface area contributed by atoms with E-state index in [2.05, 4.69) is 69.5 Å². The van der Waals surface area contributed by atoms with E-state index in [1.165, 1.54) is 5.56 Å². The number of nitrogens with one attached hydrogen (secondary N) is 1. The van der Waals surface area contributed by atoms with Gasteiger partial charge in [0, 0.05) is 18.4 Å². The van der Waals surface area contributed by atoms with Crippen LogP contribution < -0.4 is 0 Å². The van der Waals surface area contributed by atoms with E-state index >= 15 is 0 Å². The van der Waals surface area contributed by atoms with E-state index in [4.69, 9.17) is 10.1 Å². The highest BCUT2D eigenvalue weighted by Gasteiger charge is 2.12. The molecule has 2 aromatic carbocycles. The molecule has 7 heteroatoms. The molecule has 0 aliphatic rings. The number of benzene rings is 2.